The van der Waals surface area contributed by atoms with Gasteiger partial charge in [0.2, 0.25) is 0 Å². The van der Waals surface area contributed by atoms with Crippen LogP contribution in [0.5, 0.6) is 0 Å². The molecule has 0 aliphatic heterocycles. The molecule has 1 aromatic rings. The average molecular weight is 377 g/mol. The normalized spacial score (nSPS) is 16.7. The predicted molar refractivity (Wildman–Crippen MR) is 89.9 cm³/mol. The van der Waals surface area contributed by atoms with Gasteiger partial charge in [-0.15, -0.1) is 11.6 Å². The molecule has 0 saturated heterocycles. The van der Waals surface area contributed by atoms with Gasteiger partial charge in [0.1, 0.15) is 4.87 Å². The van der Waals surface area contributed by atoms with Gasteiger partial charge in [-0.1, -0.05) is 17.7 Å². The zero-order valence-corrected chi connectivity index (χ0v) is 15.6. The number of hydrogen-bond donors (Lipinski definition) is 1. The van der Waals surface area contributed by atoms with Crippen LogP contribution in [0.4, 0.5) is 0 Å². The molecule has 0 aliphatic carbocycles. The van der Waals surface area contributed by atoms with Gasteiger partial charge in [-0.3, -0.25) is 9.59 Å². The molecule has 0 fully saturated rings. The Kier molecular flexibility index (Phi) is 6.05. The highest BCUT2D eigenvalue weighted by molar-refractivity contribution is 7.91. The van der Waals surface area contributed by atoms with E-state index >= 15 is 0 Å². The van der Waals surface area contributed by atoms with Crippen molar-refractivity contribution in [3.8, 4) is 0 Å². The highest BCUT2D eigenvalue weighted by Gasteiger charge is 2.47. The van der Waals surface area contributed by atoms with E-state index in [1.54, 1.807) is 12.1 Å². The van der Waals surface area contributed by atoms with Crippen LogP contribution in [0.25, 0.3) is 0 Å². The quantitative estimate of drug-likeness (QED) is 0.579. The first kappa shape index (κ1) is 20.4. The molecule has 2 atom stereocenters. The van der Waals surface area contributed by atoms with Gasteiger partial charge in [0.25, 0.3) is 0 Å². The Labute approximate surface area is 146 Å². The van der Waals surface area contributed by atoms with Crippen LogP contribution in [0.15, 0.2) is 29.2 Å². The third-order valence-corrected chi connectivity index (χ3v) is 6.04. The van der Waals surface area contributed by atoms with Gasteiger partial charge in [-0.05, 0) is 39.3 Å². The number of methoxy groups -OCH3 is 1. The lowest BCUT2D eigenvalue weighted by Crippen LogP contribution is -2.44. The number of aliphatic carboxylic acids is 1. The molecule has 24 heavy (non-hydrogen) atoms. The number of hydrogen-bond acceptors (Lipinski definition) is 5. The molecule has 2 unspecified atom stereocenters. The number of sulfone groups is 1. The number of carbonyl (C=O) groups is 2. The zero-order chi connectivity index (χ0) is 18.8. The van der Waals surface area contributed by atoms with Gasteiger partial charge in [0.05, 0.1) is 23.2 Å². The van der Waals surface area contributed by atoms with Crippen molar-refractivity contribution < 1.29 is 27.9 Å². The van der Waals surface area contributed by atoms with E-state index in [4.69, 9.17) is 11.6 Å². The molecule has 1 rings (SSSR count). The minimum absolute atomic E-state index is 0.0508. The average Bonchev–Trinajstić information content (AvgIpc) is 2.45. The molecule has 0 radical (unpaired) electrons. The highest BCUT2D eigenvalue weighted by Crippen LogP contribution is 2.36. The summed E-state index contributed by atoms with van der Waals surface area (Å²) in [5.74, 6) is -2.77. The first-order valence-electron chi connectivity index (χ1n) is 7.14. The summed E-state index contributed by atoms with van der Waals surface area (Å²) in [7, 11) is -2.72. The molecule has 6 nitrogen and oxygen atoms in total. The largest absolute Gasteiger partial charge is 0.480 e. The van der Waals surface area contributed by atoms with Crippen LogP contribution in [0, 0.1) is 12.3 Å². The number of rotatable bonds is 7. The maximum atomic E-state index is 12.6. The summed E-state index contributed by atoms with van der Waals surface area (Å²) < 4.78 is 30.0. The van der Waals surface area contributed by atoms with Crippen molar-refractivity contribution in [1.82, 2.24) is 0 Å². The third kappa shape index (κ3) is 4.70. The Morgan fingerprint density at radius 2 is 1.71 bits per heavy atom. The molecule has 0 aliphatic rings. The van der Waals surface area contributed by atoms with Gasteiger partial charge in [-0.25, -0.2) is 8.42 Å². The van der Waals surface area contributed by atoms with Crippen LogP contribution in [0.3, 0.4) is 0 Å². The monoisotopic (exact) mass is 376 g/mol. The first-order valence-corrected chi connectivity index (χ1v) is 9.17. The van der Waals surface area contributed by atoms with Crippen LogP contribution >= 0.6 is 11.6 Å². The summed E-state index contributed by atoms with van der Waals surface area (Å²) in [4.78, 5) is 21.7. The Balaban J connectivity index is 3.25. The van der Waals surface area contributed by atoms with Gasteiger partial charge >= 0.3 is 11.9 Å². The van der Waals surface area contributed by atoms with E-state index in [9.17, 15) is 23.1 Å². The molecule has 0 aromatic heterocycles. The van der Waals surface area contributed by atoms with Crippen molar-refractivity contribution in [1.29, 1.82) is 0 Å². The van der Waals surface area contributed by atoms with Gasteiger partial charge in [-0.2, -0.15) is 0 Å². The number of halogens is 1. The van der Waals surface area contributed by atoms with E-state index in [2.05, 4.69) is 4.74 Å². The lowest BCUT2D eigenvalue weighted by atomic mass is 9.82. The maximum Gasteiger partial charge on any atom is 0.324 e. The summed E-state index contributed by atoms with van der Waals surface area (Å²) in [6.45, 7) is 4.38. The third-order valence-electron chi connectivity index (χ3n) is 3.73. The number of carboxylic acid groups (broad SMARTS) is 1. The Bertz CT molecular complexity index is 723. The molecule has 0 amide bonds. The maximum absolute atomic E-state index is 12.6. The number of carbonyl (C=O) groups excluding carboxylic acids is 1. The molecule has 1 aromatic carbocycles. The number of esters is 1. The number of aryl methyl sites for hydroxylation is 1. The van der Waals surface area contributed by atoms with E-state index in [0.29, 0.717) is 0 Å². The van der Waals surface area contributed by atoms with Gasteiger partial charge < -0.3 is 9.84 Å². The summed E-state index contributed by atoms with van der Waals surface area (Å²) >= 11 is 5.95. The SMILES string of the molecule is COC(=O)C(C)(CC(C)(Cl)C(=O)O)CS(=O)(=O)c1ccc(C)cc1. The van der Waals surface area contributed by atoms with E-state index in [-0.39, 0.29) is 4.90 Å². The minimum atomic E-state index is -3.84. The first-order chi connectivity index (χ1) is 10.8. The fourth-order valence-electron chi connectivity index (χ4n) is 2.49. The second-order valence-corrected chi connectivity index (χ2v) is 9.13. The van der Waals surface area contributed by atoms with Crippen molar-refractivity contribution in [2.75, 3.05) is 12.9 Å². The topological polar surface area (TPSA) is 97.7 Å². The van der Waals surface area contributed by atoms with Crippen LogP contribution in [-0.2, 0) is 24.2 Å². The van der Waals surface area contributed by atoms with Crippen LogP contribution < -0.4 is 0 Å². The summed E-state index contributed by atoms with van der Waals surface area (Å²) in [6, 6.07) is 6.18. The molecule has 0 spiro atoms. The molecular weight excluding hydrogens is 356 g/mol. The lowest BCUT2D eigenvalue weighted by Gasteiger charge is -2.31. The lowest BCUT2D eigenvalue weighted by molar-refractivity contribution is -0.152. The molecular formula is C16H21ClO6S. The molecule has 8 heteroatoms. The van der Waals surface area contributed by atoms with E-state index in [1.807, 2.05) is 6.92 Å². The standard InChI is InChI=1S/C16H21ClO6S/c1-11-5-7-12(8-6-11)24(21,22)10-15(2,14(20)23-4)9-16(3,17)13(18)19/h5-8H,9-10H2,1-4H3,(H,18,19). The molecule has 0 saturated carbocycles. The molecule has 134 valence electrons. The summed E-state index contributed by atoms with van der Waals surface area (Å²) in [5, 5.41) is 9.17. The number of carboxylic acids is 1. The smallest absolute Gasteiger partial charge is 0.324 e. The van der Waals surface area contributed by atoms with Crippen molar-refractivity contribution in [2.45, 2.75) is 37.0 Å². The second kappa shape index (κ2) is 7.11. The number of benzene rings is 1. The minimum Gasteiger partial charge on any atom is -0.480 e. The summed E-state index contributed by atoms with van der Waals surface area (Å²) in [6.07, 6.45) is -0.394. The Morgan fingerprint density at radius 3 is 2.12 bits per heavy atom. The zero-order valence-electron chi connectivity index (χ0n) is 14.0. The Morgan fingerprint density at radius 1 is 1.21 bits per heavy atom. The number of ether oxygens (including phenoxy) is 1. The van der Waals surface area contributed by atoms with Crippen LogP contribution in [0.1, 0.15) is 25.8 Å². The van der Waals surface area contributed by atoms with Crippen LogP contribution in [-0.4, -0.2) is 43.2 Å². The Hall–Kier alpha value is -1.60. The fraction of sp³-hybridized carbons (Fsp3) is 0.500. The van der Waals surface area contributed by atoms with Gasteiger partial charge in [0.15, 0.2) is 9.84 Å². The van der Waals surface area contributed by atoms with E-state index in [0.717, 1.165) is 12.7 Å². The predicted octanol–water partition coefficient (Wildman–Crippen LogP) is 2.42. The molecule has 0 bridgehead atoms. The summed E-state index contributed by atoms with van der Waals surface area (Å²) in [5.41, 5.74) is -0.711. The molecule has 1 N–H and O–H groups in total. The van der Waals surface area contributed by atoms with Gasteiger partial charge in [0, 0.05) is 0 Å². The second-order valence-electron chi connectivity index (χ2n) is 6.30. The highest BCUT2D eigenvalue weighted by atomic mass is 35.5. The van der Waals surface area contributed by atoms with E-state index < -0.39 is 44.2 Å². The van der Waals surface area contributed by atoms with Crippen molar-refractivity contribution >= 4 is 33.4 Å². The fourth-order valence-corrected chi connectivity index (χ4v) is 4.56. The molecule has 0 heterocycles. The van der Waals surface area contributed by atoms with Crippen molar-refractivity contribution in [3.05, 3.63) is 29.8 Å². The van der Waals surface area contributed by atoms with Crippen LogP contribution in [0.2, 0.25) is 0 Å². The van der Waals surface area contributed by atoms with Crippen molar-refractivity contribution in [3.63, 3.8) is 0 Å². The number of alkyl halides is 1. The van der Waals surface area contributed by atoms with E-state index in [1.165, 1.54) is 26.0 Å². The van der Waals surface area contributed by atoms with Crippen molar-refractivity contribution in [2.24, 2.45) is 5.41 Å².